The van der Waals surface area contributed by atoms with Gasteiger partial charge in [0.25, 0.3) is 5.91 Å². The van der Waals surface area contributed by atoms with Crippen molar-refractivity contribution in [2.24, 2.45) is 5.92 Å². The van der Waals surface area contributed by atoms with Gasteiger partial charge in [-0.25, -0.2) is 0 Å². The number of alkyl halides is 6. The molecule has 4 rings (SSSR count). The lowest BCUT2D eigenvalue weighted by Gasteiger charge is -2.42. The molecule has 0 bridgehead atoms. The largest absolute Gasteiger partial charge is 0.573 e. The second kappa shape index (κ2) is 12.2. The van der Waals surface area contributed by atoms with Gasteiger partial charge in [0.2, 0.25) is 0 Å². The van der Waals surface area contributed by atoms with Crippen LogP contribution in [-0.4, -0.2) is 60.7 Å². The maximum absolute atomic E-state index is 12.7. The zero-order valence-electron chi connectivity index (χ0n) is 22.9. The van der Waals surface area contributed by atoms with Gasteiger partial charge in [0, 0.05) is 26.2 Å². The van der Waals surface area contributed by atoms with E-state index in [1.54, 1.807) is 26.2 Å². The number of aliphatic hydroxyl groups is 1. The molecule has 1 heterocycles. The van der Waals surface area contributed by atoms with E-state index < -0.39 is 35.7 Å². The summed E-state index contributed by atoms with van der Waals surface area (Å²) in [6.45, 7) is 1.76. The predicted molar refractivity (Wildman–Crippen MR) is 142 cm³/mol. The molecule has 0 atom stereocenters. The molecule has 226 valence electrons. The number of carbonyl (C=O) groups is 1. The van der Waals surface area contributed by atoms with Crippen LogP contribution in [0.5, 0.6) is 11.5 Å². The second-order valence-electron chi connectivity index (χ2n) is 10.4. The maximum atomic E-state index is 12.7. The molecule has 12 heteroatoms. The highest BCUT2D eigenvalue weighted by Gasteiger charge is 2.42. The summed E-state index contributed by atoms with van der Waals surface area (Å²) < 4.78 is 84.0. The Morgan fingerprint density at radius 2 is 1.21 bits per heavy atom. The first-order valence-corrected chi connectivity index (χ1v) is 13.1. The summed E-state index contributed by atoms with van der Waals surface area (Å²) in [7, 11) is 3.36. The van der Waals surface area contributed by atoms with Gasteiger partial charge in [0.05, 0.1) is 0 Å². The fraction of sp³-hybridized carbons (Fsp3) is 0.367. The van der Waals surface area contributed by atoms with Crippen molar-refractivity contribution in [2.45, 2.75) is 37.7 Å². The van der Waals surface area contributed by atoms with Crippen LogP contribution in [0.1, 0.15) is 39.9 Å². The summed E-state index contributed by atoms with van der Waals surface area (Å²) in [6, 6.07) is 17.0. The highest BCUT2D eigenvalue weighted by atomic mass is 19.4. The molecule has 1 aliphatic rings. The molecule has 3 aromatic carbocycles. The zero-order chi connectivity index (χ0) is 30.7. The van der Waals surface area contributed by atoms with Crippen LogP contribution in [0.25, 0.3) is 0 Å². The van der Waals surface area contributed by atoms with Gasteiger partial charge in [-0.3, -0.25) is 9.69 Å². The highest BCUT2D eigenvalue weighted by molar-refractivity contribution is 5.93. The molecule has 3 aromatic rings. The Hall–Kier alpha value is -3.77. The second-order valence-corrected chi connectivity index (χ2v) is 10.4. The third kappa shape index (κ3) is 7.74. The molecular weight excluding hydrogens is 566 g/mol. The van der Waals surface area contributed by atoms with Gasteiger partial charge in [0.1, 0.15) is 17.1 Å². The van der Waals surface area contributed by atoms with Crippen LogP contribution in [-0.2, 0) is 12.1 Å². The van der Waals surface area contributed by atoms with E-state index in [0.717, 1.165) is 29.8 Å². The van der Waals surface area contributed by atoms with Crippen molar-refractivity contribution in [3.8, 4) is 11.5 Å². The number of hydrogen-bond acceptors (Lipinski definition) is 5. The molecule has 0 aliphatic carbocycles. The van der Waals surface area contributed by atoms with Crippen LogP contribution in [0.3, 0.4) is 0 Å². The van der Waals surface area contributed by atoms with E-state index in [9.17, 15) is 36.2 Å². The SMILES string of the molecule is CN(C)C(=O)c1ccc(CN2CCC(C(O)(c3ccc(OC(F)(F)F)cc3)c3ccc(OC(F)(F)F)cc3)CC2)cc1. The Labute approximate surface area is 239 Å². The monoisotopic (exact) mass is 596 g/mol. The fourth-order valence-electron chi connectivity index (χ4n) is 5.24. The van der Waals surface area contributed by atoms with E-state index in [1.165, 1.54) is 29.2 Å². The van der Waals surface area contributed by atoms with E-state index in [-0.39, 0.29) is 17.0 Å². The smallest absolute Gasteiger partial charge is 0.406 e. The lowest BCUT2D eigenvalue weighted by atomic mass is 9.72. The first-order valence-electron chi connectivity index (χ1n) is 13.1. The lowest BCUT2D eigenvalue weighted by molar-refractivity contribution is -0.275. The van der Waals surface area contributed by atoms with Gasteiger partial charge in [-0.1, -0.05) is 36.4 Å². The van der Waals surface area contributed by atoms with E-state index >= 15 is 0 Å². The Kier molecular flexibility index (Phi) is 9.07. The molecular formula is C30H30F6N2O4. The molecule has 1 amide bonds. The summed E-state index contributed by atoms with van der Waals surface area (Å²) in [4.78, 5) is 15.8. The van der Waals surface area contributed by atoms with E-state index in [1.807, 2.05) is 12.1 Å². The number of amides is 1. The molecule has 0 saturated carbocycles. The standard InChI is InChI=1S/C30H30F6N2O4/c1-37(2)27(39)21-5-3-20(4-6-21)19-38-17-15-24(16-18-38)28(40,22-7-11-25(12-8-22)41-29(31,32)33)23-9-13-26(14-10-23)42-30(34,35)36/h3-14,24,40H,15-19H2,1-2H3. The number of carbonyl (C=O) groups excluding carboxylic acids is 1. The number of nitrogens with zero attached hydrogens (tertiary/aromatic N) is 2. The van der Waals surface area contributed by atoms with Crippen molar-refractivity contribution >= 4 is 5.91 Å². The third-order valence-electron chi connectivity index (χ3n) is 7.25. The number of likely N-dealkylation sites (tertiary alicyclic amines) is 1. The van der Waals surface area contributed by atoms with Crippen LogP contribution in [0, 0.1) is 5.92 Å². The van der Waals surface area contributed by atoms with Crippen molar-refractivity contribution in [3.05, 3.63) is 95.1 Å². The van der Waals surface area contributed by atoms with Crippen LogP contribution in [0.2, 0.25) is 0 Å². The van der Waals surface area contributed by atoms with Gasteiger partial charge < -0.3 is 19.5 Å². The Morgan fingerprint density at radius 1 is 0.786 bits per heavy atom. The van der Waals surface area contributed by atoms with E-state index in [4.69, 9.17) is 0 Å². The quantitative estimate of drug-likeness (QED) is 0.308. The van der Waals surface area contributed by atoms with Crippen LogP contribution in [0.15, 0.2) is 72.8 Å². The molecule has 6 nitrogen and oxygen atoms in total. The Balaban J connectivity index is 1.54. The van der Waals surface area contributed by atoms with Crippen molar-refractivity contribution < 1.29 is 45.7 Å². The molecule has 0 spiro atoms. The van der Waals surface area contributed by atoms with Gasteiger partial charge in [-0.2, -0.15) is 0 Å². The lowest BCUT2D eigenvalue weighted by Crippen LogP contribution is -2.44. The number of halogens is 6. The van der Waals surface area contributed by atoms with E-state index in [0.29, 0.717) is 38.0 Å². The number of ether oxygens (including phenoxy) is 2. The number of piperidine rings is 1. The van der Waals surface area contributed by atoms with Gasteiger partial charge in [-0.05, 0) is 84.9 Å². The summed E-state index contributed by atoms with van der Waals surface area (Å²) in [5.74, 6) is -1.43. The molecule has 0 unspecified atom stereocenters. The van der Waals surface area contributed by atoms with Crippen molar-refractivity contribution in [2.75, 3.05) is 27.2 Å². The third-order valence-corrected chi connectivity index (χ3v) is 7.25. The fourth-order valence-corrected chi connectivity index (χ4v) is 5.24. The van der Waals surface area contributed by atoms with Crippen molar-refractivity contribution in [3.63, 3.8) is 0 Å². The molecule has 1 fully saturated rings. The van der Waals surface area contributed by atoms with Gasteiger partial charge in [-0.15, -0.1) is 26.3 Å². The number of hydrogen-bond donors (Lipinski definition) is 1. The minimum absolute atomic E-state index is 0.0994. The average Bonchev–Trinajstić information content (AvgIpc) is 2.92. The minimum atomic E-state index is -4.89. The molecule has 1 aliphatic heterocycles. The highest BCUT2D eigenvalue weighted by Crippen LogP contribution is 2.43. The van der Waals surface area contributed by atoms with Crippen LogP contribution >= 0.6 is 0 Å². The van der Waals surface area contributed by atoms with Crippen LogP contribution < -0.4 is 9.47 Å². The Bertz CT molecular complexity index is 1270. The van der Waals surface area contributed by atoms with Crippen LogP contribution in [0.4, 0.5) is 26.3 Å². The minimum Gasteiger partial charge on any atom is -0.406 e. The van der Waals surface area contributed by atoms with Gasteiger partial charge >= 0.3 is 12.7 Å². The molecule has 1 N–H and O–H groups in total. The normalized spacial score (nSPS) is 15.4. The average molecular weight is 597 g/mol. The summed E-state index contributed by atoms with van der Waals surface area (Å²) in [5.41, 5.74) is 0.418. The zero-order valence-corrected chi connectivity index (χ0v) is 22.9. The summed E-state index contributed by atoms with van der Waals surface area (Å²) in [6.07, 6.45) is -8.78. The number of rotatable bonds is 8. The first kappa shape index (κ1) is 31.2. The van der Waals surface area contributed by atoms with Crippen molar-refractivity contribution in [1.29, 1.82) is 0 Å². The van der Waals surface area contributed by atoms with Gasteiger partial charge in [0.15, 0.2) is 0 Å². The topological polar surface area (TPSA) is 62.2 Å². The maximum Gasteiger partial charge on any atom is 0.573 e. The predicted octanol–water partition coefficient (Wildman–Crippen LogP) is 6.33. The van der Waals surface area contributed by atoms with Crippen molar-refractivity contribution in [1.82, 2.24) is 9.80 Å². The molecule has 42 heavy (non-hydrogen) atoms. The summed E-state index contributed by atoms with van der Waals surface area (Å²) >= 11 is 0. The van der Waals surface area contributed by atoms with E-state index in [2.05, 4.69) is 14.4 Å². The number of benzene rings is 3. The summed E-state index contributed by atoms with van der Waals surface area (Å²) in [5, 5.41) is 12.1. The Morgan fingerprint density at radius 3 is 1.60 bits per heavy atom. The first-order chi connectivity index (χ1) is 19.6. The molecule has 0 aromatic heterocycles. The molecule has 1 saturated heterocycles. The molecule has 0 radical (unpaired) electrons.